The molecule has 0 aliphatic heterocycles. The summed E-state index contributed by atoms with van der Waals surface area (Å²) in [7, 11) is 0. The van der Waals surface area contributed by atoms with E-state index in [-0.39, 0.29) is 29.0 Å². The first kappa shape index (κ1) is 18.1. The van der Waals surface area contributed by atoms with Gasteiger partial charge in [-0.25, -0.2) is 0 Å². The van der Waals surface area contributed by atoms with Crippen molar-refractivity contribution >= 4 is 29.1 Å². The number of esters is 1. The third-order valence-electron chi connectivity index (χ3n) is 5.29. The standard InChI is InChI=1S/C22H19NO5/c1-12(28-22(27)13-5-4-6-13)21(26)23-14-9-10-17-18(11-14)20(25)16-8-3-2-7-15(16)19(17)24/h2-3,7-13H,4-6H2,1H3,(H,23,26). The van der Waals surface area contributed by atoms with Gasteiger partial charge in [0.2, 0.25) is 0 Å². The smallest absolute Gasteiger partial charge is 0.309 e. The molecular formula is C22H19NO5. The maximum atomic E-state index is 12.8. The number of ether oxygens (including phenoxy) is 1. The summed E-state index contributed by atoms with van der Waals surface area (Å²) in [5, 5.41) is 2.65. The lowest BCUT2D eigenvalue weighted by Gasteiger charge is -2.25. The van der Waals surface area contributed by atoms with E-state index in [4.69, 9.17) is 4.74 Å². The van der Waals surface area contributed by atoms with Crippen LogP contribution in [0.5, 0.6) is 0 Å². The topological polar surface area (TPSA) is 89.5 Å². The third kappa shape index (κ3) is 3.11. The van der Waals surface area contributed by atoms with E-state index in [2.05, 4.69) is 5.32 Å². The second kappa shape index (κ2) is 7.03. The number of carbonyl (C=O) groups excluding carboxylic acids is 4. The largest absolute Gasteiger partial charge is 0.452 e. The van der Waals surface area contributed by atoms with Crippen LogP contribution in [0, 0.1) is 5.92 Å². The first-order valence-corrected chi connectivity index (χ1v) is 9.29. The highest BCUT2D eigenvalue weighted by Gasteiger charge is 2.31. The predicted octanol–water partition coefficient (Wildman–Crippen LogP) is 3.13. The molecule has 1 fully saturated rings. The minimum Gasteiger partial charge on any atom is -0.452 e. The first-order valence-electron chi connectivity index (χ1n) is 9.29. The number of benzene rings is 2. The molecule has 0 heterocycles. The number of hydrogen-bond donors (Lipinski definition) is 1. The van der Waals surface area contributed by atoms with Crippen LogP contribution in [0.25, 0.3) is 0 Å². The summed E-state index contributed by atoms with van der Waals surface area (Å²) in [6, 6.07) is 11.3. The quantitative estimate of drug-likeness (QED) is 0.706. The minimum absolute atomic E-state index is 0.109. The highest BCUT2D eigenvalue weighted by atomic mass is 16.5. The van der Waals surface area contributed by atoms with E-state index in [0.29, 0.717) is 22.4 Å². The van der Waals surface area contributed by atoms with Gasteiger partial charge < -0.3 is 10.1 Å². The lowest BCUT2D eigenvalue weighted by Crippen LogP contribution is -2.34. The summed E-state index contributed by atoms with van der Waals surface area (Å²) >= 11 is 0. The second-order valence-corrected chi connectivity index (χ2v) is 7.16. The van der Waals surface area contributed by atoms with Gasteiger partial charge in [-0.05, 0) is 38.0 Å². The van der Waals surface area contributed by atoms with E-state index in [1.165, 1.54) is 19.1 Å². The number of nitrogens with one attached hydrogen (secondary N) is 1. The molecule has 0 aromatic heterocycles. The van der Waals surface area contributed by atoms with Gasteiger partial charge in [-0.15, -0.1) is 0 Å². The number of anilines is 1. The lowest BCUT2D eigenvalue weighted by atomic mass is 9.84. The number of rotatable bonds is 4. The Bertz CT molecular complexity index is 1010. The normalized spacial score (nSPS) is 16.5. The maximum Gasteiger partial charge on any atom is 0.309 e. The lowest BCUT2D eigenvalue weighted by molar-refractivity contribution is -0.159. The van der Waals surface area contributed by atoms with Gasteiger partial charge in [0.25, 0.3) is 5.91 Å². The molecule has 0 spiro atoms. The minimum atomic E-state index is -0.942. The summed E-state index contributed by atoms with van der Waals surface area (Å²) in [5.74, 6) is -1.42. The molecule has 1 saturated carbocycles. The molecule has 6 heteroatoms. The van der Waals surface area contributed by atoms with Gasteiger partial charge in [-0.3, -0.25) is 19.2 Å². The molecule has 2 aliphatic rings. The van der Waals surface area contributed by atoms with Crippen molar-refractivity contribution in [3.05, 3.63) is 64.7 Å². The SMILES string of the molecule is CC(OC(=O)C1CCC1)C(=O)Nc1ccc2c(c1)C(=O)c1ccccc1C2=O. The molecule has 0 saturated heterocycles. The molecule has 0 radical (unpaired) electrons. The number of hydrogen-bond acceptors (Lipinski definition) is 5. The Hall–Kier alpha value is -3.28. The monoisotopic (exact) mass is 377 g/mol. The number of ketones is 2. The van der Waals surface area contributed by atoms with E-state index < -0.39 is 12.0 Å². The van der Waals surface area contributed by atoms with E-state index in [9.17, 15) is 19.2 Å². The van der Waals surface area contributed by atoms with Gasteiger partial charge in [0.15, 0.2) is 17.7 Å². The average molecular weight is 377 g/mol. The van der Waals surface area contributed by atoms with Crippen LogP contribution in [0.2, 0.25) is 0 Å². The van der Waals surface area contributed by atoms with Crippen molar-refractivity contribution in [2.45, 2.75) is 32.3 Å². The van der Waals surface area contributed by atoms with Crippen molar-refractivity contribution < 1.29 is 23.9 Å². The van der Waals surface area contributed by atoms with E-state index in [0.717, 1.165) is 19.3 Å². The second-order valence-electron chi connectivity index (χ2n) is 7.16. The molecule has 2 aromatic carbocycles. The third-order valence-corrected chi connectivity index (χ3v) is 5.29. The molecule has 4 rings (SSSR count). The molecule has 1 N–H and O–H groups in total. The van der Waals surface area contributed by atoms with Crippen molar-refractivity contribution in [1.82, 2.24) is 0 Å². The van der Waals surface area contributed by atoms with E-state index in [1.54, 1.807) is 30.3 Å². The summed E-state index contributed by atoms with van der Waals surface area (Å²) in [6.07, 6.45) is 1.67. The molecule has 6 nitrogen and oxygen atoms in total. The first-order chi connectivity index (χ1) is 13.5. The van der Waals surface area contributed by atoms with E-state index >= 15 is 0 Å². The molecule has 2 aromatic rings. The van der Waals surface area contributed by atoms with Gasteiger partial charge in [0.05, 0.1) is 5.92 Å². The van der Waals surface area contributed by atoms with Crippen molar-refractivity contribution in [2.24, 2.45) is 5.92 Å². The molecule has 0 bridgehead atoms. The van der Waals surface area contributed by atoms with Crippen molar-refractivity contribution in [2.75, 3.05) is 5.32 Å². The highest BCUT2D eigenvalue weighted by molar-refractivity contribution is 6.28. The number of fused-ring (bicyclic) bond motifs is 2. The van der Waals surface area contributed by atoms with Crippen LogP contribution in [0.1, 0.15) is 58.0 Å². The molecule has 28 heavy (non-hydrogen) atoms. The zero-order valence-corrected chi connectivity index (χ0v) is 15.4. The molecule has 1 amide bonds. The summed E-state index contributed by atoms with van der Waals surface area (Å²) < 4.78 is 5.21. The fourth-order valence-corrected chi connectivity index (χ4v) is 3.39. The van der Waals surface area contributed by atoms with Crippen molar-refractivity contribution in [3.8, 4) is 0 Å². The van der Waals surface area contributed by atoms with Crippen LogP contribution >= 0.6 is 0 Å². The molecule has 2 aliphatic carbocycles. The Kier molecular flexibility index (Phi) is 4.55. The Morgan fingerprint density at radius 1 is 0.964 bits per heavy atom. The maximum absolute atomic E-state index is 12.8. The summed E-state index contributed by atoms with van der Waals surface area (Å²) in [6.45, 7) is 1.51. The van der Waals surface area contributed by atoms with Crippen LogP contribution < -0.4 is 5.32 Å². The van der Waals surface area contributed by atoms with Crippen LogP contribution in [0.3, 0.4) is 0 Å². The van der Waals surface area contributed by atoms with Gasteiger partial charge >= 0.3 is 5.97 Å². The van der Waals surface area contributed by atoms with Gasteiger partial charge in [-0.1, -0.05) is 30.7 Å². The fraction of sp³-hybridized carbons (Fsp3) is 0.273. The highest BCUT2D eigenvalue weighted by Crippen LogP contribution is 2.30. The predicted molar refractivity (Wildman–Crippen MR) is 101 cm³/mol. The Balaban J connectivity index is 1.51. The Morgan fingerprint density at radius 2 is 1.57 bits per heavy atom. The molecular weight excluding hydrogens is 358 g/mol. The Morgan fingerprint density at radius 3 is 2.18 bits per heavy atom. The fourth-order valence-electron chi connectivity index (χ4n) is 3.39. The Labute approximate surface area is 161 Å². The van der Waals surface area contributed by atoms with Gasteiger partial charge in [0, 0.05) is 27.9 Å². The van der Waals surface area contributed by atoms with Crippen LogP contribution in [-0.4, -0.2) is 29.5 Å². The summed E-state index contributed by atoms with van der Waals surface area (Å²) in [4.78, 5) is 49.6. The zero-order valence-electron chi connectivity index (χ0n) is 15.4. The number of carbonyl (C=O) groups is 4. The van der Waals surface area contributed by atoms with Gasteiger partial charge in [0.1, 0.15) is 0 Å². The van der Waals surface area contributed by atoms with Crippen LogP contribution in [0.4, 0.5) is 5.69 Å². The van der Waals surface area contributed by atoms with Crippen LogP contribution in [0.15, 0.2) is 42.5 Å². The van der Waals surface area contributed by atoms with E-state index in [1.807, 2.05) is 0 Å². The molecule has 1 unspecified atom stereocenters. The zero-order chi connectivity index (χ0) is 19.8. The molecule has 142 valence electrons. The van der Waals surface area contributed by atoms with Gasteiger partial charge in [-0.2, -0.15) is 0 Å². The number of amides is 1. The summed E-state index contributed by atoms with van der Waals surface area (Å²) in [5.41, 5.74) is 1.67. The average Bonchev–Trinajstić information content (AvgIpc) is 2.64. The van der Waals surface area contributed by atoms with Crippen molar-refractivity contribution in [3.63, 3.8) is 0 Å². The van der Waals surface area contributed by atoms with Crippen LogP contribution in [-0.2, 0) is 14.3 Å². The molecule has 1 atom stereocenters. The van der Waals surface area contributed by atoms with Crippen molar-refractivity contribution in [1.29, 1.82) is 0 Å².